The summed E-state index contributed by atoms with van der Waals surface area (Å²) in [4.78, 5) is 34.4. The first-order valence-corrected chi connectivity index (χ1v) is 7.09. The van der Waals surface area contributed by atoms with Crippen molar-refractivity contribution in [1.82, 2.24) is 10.9 Å². The third-order valence-corrected chi connectivity index (χ3v) is 2.92. The number of amides is 2. The van der Waals surface area contributed by atoms with Gasteiger partial charge in [-0.15, -0.1) is 0 Å². The molecular formula is C15H13ClN2O6. The molecule has 2 rings (SSSR count). The molecule has 0 atom stereocenters. The summed E-state index contributed by atoms with van der Waals surface area (Å²) in [5.74, 6) is -1.77. The highest BCUT2D eigenvalue weighted by Gasteiger charge is 2.12. The van der Waals surface area contributed by atoms with Crippen LogP contribution in [0.5, 0.6) is 5.75 Å². The Morgan fingerprint density at radius 3 is 2.54 bits per heavy atom. The third kappa shape index (κ3) is 5.33. The quantitative estimate of drug-likeness (QED) is 0.599. The van der Waals surface area contributed by atoms with Gasteiger partial charge >= 0.3 is 11.9 Å². The summed E-state index contributed by atoms with van der Waals surface area (Å²) in [6, 6.07) is 9.56. The maximum atomic E-state index is 11.5. The molecule has 0 saturated carbocycles. The minimum atomic E-state index is -0.762. The number of hydrazine groups is 1. The Bertz CT molecular complexity index is 717. The number of ether oxygens (including phenoxy) is 2. The number of carbonyl (C=O) groups is 3. The van der Waals surface area contributed by atoms with E-state index in [1.54, 1.807) is 24.3 Å². The molecule has 0 bridgehead atoms. The molecule has 0 saturated heterocycles. The lowest BCUT2D eigenvalue weighted by Gasteiger charge is -2.08. The van der Waals surface area contributed by atoms with Gasteiger partial charge in [0.25, 0.3) is 5.91 Å². The third-order valence-electron chi connectivity index (χ3n) is 2.61. The van der Waals surface area contributed by atoms with Crippen molar-refractivity contribution in [1.29, 1.82) is 0 Å². The summed E-state index contributed by atoms with van der Waals surface area (Å²) in [6.45, 7) is -0.987. The largest absolute Gasteiger partial charge is 0.480 e. The molecule has 1 aromatic carbocycles. The number of esters is 1. The molecule has 0 aliphatic rings. The lowest BCUT2D eigenvalue weighted by molar-refractivity contribution is -0.150. The van der Waals surface area contributed by atoms with Crippen LogP contribution in [0.3, 0.4) is 0 Å². The highest BCUT2D eigenvalue weighted by molar-refractivity contribution is 6.32. The molecule has 0 aliphatic carbocycles. The zero-order valence-corrected chi connectivity index (χ0v) is 13.0. The van der Waals surface area contributed by atoms with E-state index in [1.807, 2.05) is 0 Å². The van der Waals surface area contributed by atoms with Crippen molar-refractivity contribution in [3.63, 3.8) is 0 Å². The van der Waals surface area contributed by atoms with Crippen LogP contribution in [0.1, 0.15) is 10.6 Å². The van der Waals surface area contributed by atoms with E-state index < -0.39 is 31.0 Å². The van der Waals surface area contributed by atoms with Gasteiger partial charge < -0.3 is 13.9 Å². The standard InChI is InChI=1S/C15H13ClN2O6/c16-10-4-1-2-5-11(10)23-9-14(20)24-8-13(19)17-18-15(21)12-6-3-7-22-12/h1-7H,8-9H2,(H,17,19)(H,18,21). The maximum Gasteiger partial charge on any atom is 0.344 e. The molecule has 1 heterocycles. The molecular weight excluding hydrogens is 340 g/mol. The molecule has 9 heteroatoms. The van der Waals surface area contributed by atoms with E-state index in [-0.39, 0.29) is 5.76 Å². The fourth-order valence-corrected chi connectivity index (χ4v) is 1.71. The number of hydrogen-bond acceptors (Lipinski definition) is 6. The number of halogens is 1. The molecule has 126 valence electrons. The number of furan rings is 1. The first-order chi connectivity index (χ1) is 11.6. The van der Waals surface area contributed by atoms with Crippen molar-refractivity contribution in [2.75, 3.05) is 13.2 Å². The average molecular weight is 353 g/mol. The van der Waals surface area contributed by atoms with E-state index in [1.165, 1.54) is 18.4 Å². The minimum Gasteiger partial charge on any atom is -0.480 e. The zero-order chi connectivity index (χ0) is 17.4. The summed E-state index contributed by atoms with van der Waals surface area (Å²) < 4.78 is 14.7. The van der Waals surface area contributed by atoms with Gasteiger partial charge in [-0.1, -0.05) is 23.7 Å². The molecule has 0 spiro atoms. The van der Waals surface area contributed by atoms with Gasteiger partial charge in [-0.05, 0) is 24.3 Å². The van der Waals surface area contributed by atoms with Crippen molar-refractivity contribution in [3.8, 4) is 5.75 Å². The Balaban J connectivity index is 1.65. The maximum absolute atomic E-state index is 11.5. The average Bonchev–Trinajstić information content (AvgIpc) is 3.11. The normalized spacial score (nSPS) is 9.88. The van der Waals surface area contributed by atoms with Crippen molar-refractivity contribution in [2.45, 2.75) is 0 Å². The van der Waals surface area contributed by atoms with E-state index in [4.69, 9.17) is 25.5 Å². The number of nitrogens with one attached hydrogen (secondary N) is 2. The zero-order valence-electron chi connectivity index (χ0n) is 12.3. The van der Waals surface area contributed by atoms with Crippen molar-refractivity contribution in [2.24, 2.45) is 0 Å². The molecule has 0 fully saturated rings. The Morgan fingerprint density at radius 2 is 1.83 bits per heavy atom. The Kier molecular flexibility index (Phi) is 6.21. The van der Waals surface area contributed by atoms with Crippen LogP contribution in [0.4, 0.5) is 0 Å². The van der Waals surface area contributed by atoms with Gasteiger partial charge in [0.05, 0.1) is 11.3 Å². The molecule has 2 N–H and O–H groups in total. The molecule has 8 nitrogen and oxygen atoms in total. The molecule has 24 heavy (non-hydrogen) atoms. The summed E-state index contributed by atoms with van der Waals surface area (Å²) in [5, 5.41) is 0.351. The van der Waals surface area contributed by atoms with Gasteiger partial charge in [0, 0.05) is 0 Å². The summed E-state index contributed by atoms with van der Waals surface area (Å²) in [7, 11) is 0. The second-order valence-corrected chi connectivity index (χ2v) is 4.77. The smallest absolute Gasteiger partial charge is 0.344 e. The second-order valence-electron chi connectivity index (χ2n) is 4.36. The number of para-hydroxylation sites is 1. The topological polar surface area (TPSA) is 107 Å². The Labute approximate surface area is 141 Å². The highest BCUT2D eigenvalue weighted by atomic mass is 35.5. The van der Waals surface area contributed by atoms with Crippen LogP contribution in [0.2, 0.25) is 5.02 Å². The van der Waals surface area contributed by atoms with Crippen molar-refractivity contribution >= 4 is 29.4 Å². The SMILES string of the molecule is O=C(COC(=O)COc1ccccc1Cl)NNC(=O)c1ccco1. The number of benzene rings is 1. The van der Waals surface area contributed by atoms with Crippen LogP contribution in [0, 0.1) is 0 Å². The van der Waals surface area contributed by atoms with Gasteiger partial charge in [0.2, 0.25) is 0 Å². The van der Waals surface area contributed by atoms with E-state index in [0.29, 0.717) is 10.8 Å². The predicted octanol–water partition coefficient (Wildman–Crippen LogP) is 1.32. The van der Waals surface area contributed by atoms with E-state index in [2.05, 4.69) is 10.9 Å². The van der Waals surface area contributed by atoms with Gasteiger partial charge in [0.1, 0.15) is 5.75 Å². The van der Waals surface area contributed by atoms with E-state index in [0.717, 1.165) is 0 Å². The molecule has 0 radical (unpaired) electrons. The molecule has 0 unspecified atom stereocenters. The Morgan fingerprint density at radius 1 is 1.04 bits per heavy atom. The predicted molar refractivity (Wildman–Crippen MR) is 82.2 cm³/mol. The van der Waals surface area contributed by atoms with Gasteiger partial charge in [-0.2, -0.15) is 0 Å². The van der Waals surface area contributed by atoms with E-state index >= 15 is 0 Å². The fourth-order valence-electron chi connectivity index (χ4n) is 1.52. The molecule has 0 aliphatic heterocycles. The first-order valence-electron chi connectivity index (χ1n) is 6.72. The van der Waals surface area contributed by atoms with Crippen LogP contribution >= 0.6 is 11.6 Å². The lowest BCUT2D eigenvalue weighted by Crippen LogP contribution is -2.43. The van der Waals surface area contributed by atoms with Crippen LogP contribution in [-0.2, 0) is 14.3 Å². The van der Waals surface area contributed by atoms with Gasteiger partial charge in [-0.3, -0.25) is 20.4 Å². The lowest BCUT2D eigenvalue weighted by atomic mass is 10.3. The summed E-state index contributed by atoms with van der Waals surface area (Å²) >= 11 is 5.86. The number of hydrogen-bond donors (Lipinski definition) is 2. The van der Waals surface area contributed by atoms with Crippen LogP contribution in [-0.4, -0.2) is 31.0 Å². The monoisotopic (exact) mass is 352 g/mol. The molecule has 1 aromatic heterocycles. The van der Waals surface area contributed by atoms with Crippen LogP contribution in [0.25, 0.3) is 0 Å². The minimum absolute atomic E-state index is 0.0282. The summed E-state index contributed by atoms with van der Waals surface area (Å²) in [5.41, 5.74) is 4.17. The Hall–Kier alpha value is -3.00. The molecule has 2 amide bonds. The highest BCUT2D eigenvalue weighted by Crippen LogP contribution is 2.22. The van der Waals surface area contributed by atoms with Gasteiger partial charge in [0.15, 0.2) is 19.0 Å². The van der Waals surface area contributed by atoms with Crippen LogP contribution in [0.15, 0.2) is 47.1 Å². The van der Waals surface area contributed by atoms with Gasteiger partial charge in [-0.25, -0.2) is 4.79 Å². The number of rotatable bonds is 6. The van der Waals surface area contributed by atoms with Crippen LogP contribution < -0.4 is 15.6 Å². The second kappa shape index (κ2) is 8.59. The fraction of sp³-hybridized carbons (Fsp3) is 0.133. The number of carbonyl (C=O) groups excluding carboxylic acids is 3. The summed E-state index contributed by atoms with van der Waals surface area (Å²) in [6.07, 6.45) is 1.32. The van der Waals surface area contributed by atoms with E-state index in [9.17, 15) is 14.4 Å². The van der Waals surface area contributed by atoms with Crippen molar-refractivity contribution < 1.29 is 28.3 Å². The molecule has 2 aromatic rings. The first kappa shape index (κ1) is 17.4. The van der Waals surface area contributed by atoms with Crippen molar-refractivity contribution in [3.05, 3.63) is 53.4 Å².